The van der Waals surface area contributed by atoms with Crippen LogP contribution in [0.1, 0.15) is 28.0 Å². The number of nitrogens with one attached hydrogen (secondary N) is 1. The van der Waals surface area contributed by atoms with Gasteiger partial charge in [0.15, 0.2) is 29.2 Å². The minimum Gasteiger partial charge on any atom is -0.452 e. The number of hydrogen-bond donors (Lipinski definition) is 1. The van der Waals surface area contributed by atoms with E-state index in [-0.39, 0.29) is 15.3 Å². The number of fused-ring (bicyclic) bond motifs is 3. The molecular formula is C22H14F3N3O3S. The lowest BCUT2D eigenvalue weighted by molar-refractivity contribution is -0.119. The average Bonchev–Trinajstić information content (AvgIpc) is 3.40. The maximum Gasteiger partial charge on any atom is 0.339 e. The van der Waals surface area contributed by atoms with E-state index in [2.05, 4.69) is 15.3 Å². The molecule has 1 N–H and O–H groups in total. The molecule has 4 aromatic rings. The van der Waals surface area contributed by atoms with E-state index in [4.69, 9.17) is 4.74 Å². The summed E-state index contributed by atoms with van der Waals surface area (Å²) in [7, 11) is 0. The summed E-state index contributed by atoms with van der Waals surface area (Å²) < 4.78 is 45.8. The first-order valence-electron chi connectivity index (χ1n) is 9.74. The maximum atomic E-state index is 13.8. The summed E-state index contributed by atoms with van der Waals surface area (Å²) in [6.45, 7) is -0.606. The molecule has 0 fully saturated rings. The number of ether oxygens (including phenoxy) is 1. The molecule has 10 heteroatoms. The van der Waals surface area contributed by atoms with Gasteiger partial charge in [-0.25, -0.2) is 22.9 Å². The number of benzene rings is 2. The Kier molecular flexibility index (Phi) is 5.01. The zero-order valence-electron chi connectivity index (χ0n) is 16.4. The van der Waals surface area contributed by atoms with Crippen molar-refractivity contribution in [2.45, 2.75) is 19.3 Å². The number of para-hydroxylation sites is 1. The van der Waals surface area contributed by atoms with Gasteiger partial charge in [0.25, 0.3) is 5.91 Å². The molecule has 0 radical (unpaired) electrons. The lowest BCUT2D eigenvalue weighted by Crippen LogP contribution is -2.21. The third-order valence-electron chi connectivity index (χ3n) is 5.23. The fraction of sp³-hybridized carbons (Fsp3) is 0.182. The van der Waals surface area contributed by atoms with Crippen LogP contribution in [0.4, 0.5) is 18.3 Å². The summed E-state index contributed by atoms with van der Waals surface area (Å²) in [5.41, 5.74) is 2.39. The molecule has 2 heterocycles. The molecule has 6 nitrogen and oxygen atoms in total. The number of rotatable bonds is 4. The molecule has 5 rings (SSSR count). The van der Waals surface area contributed by atoms with Crippen molar-refractivity contribution in [2.75, 3.05) is 11.9 Å². The monoisotopic (exact) mass is 457 g/mol. The molecule has 0 unspecified atom stereocenters. The molecular weight excluding hydrogens is 443 g/mol. The topological polar surface area (TPSA) is 81.2 Å². The van der Waals surface area contributed by atoms with Gasteiger partial charge in [-0.2, -0.15) is 0 Å². The number of aromatic nitrogens is 2. The van der Waals surface area contributed by atoms with Gasteiger partial charge >= 0.3 is 5.97 Å². The highest BCUT2D eigenvalue weighted by Crippen LogP contribution is 2.31. The minimum absolute atomic E-state index is 0.0347. The van der Waals surface area contributed by atoms with Crippen molar-refractivity contribution in [1.29, 1.82) is 0 Å². The fourth-order valence-corrected chi connectivity index (χ4v) is 4.73. The highest BCUT2D eigenvalue weighted by molar-refractivity contribution is 7.22. The van der Waals surface area contributed by atoms with E-state index in [9.17, 15) is 22.8 Å². The smallest absolute Gasteiger partial charge is 0.339 e. The second-order valence-electron chi connectivity index (χ2n) is 7.26. The van der Waals surface area contributed by atoms with Crippen molar-refractivity contribution in [3.8, 4) is 0 Å². The number of halogens is 3. The van der Waals surface area contributed by atoms with Crippen LogP contribution in [0.15, 0.2) is 30.3 Å². The second-order valence-corrected chi connectivity index (χ2v) is 8.29. The number of esters is 1. The summed E-state index contributed by atoms with van der Waals surface area (Å²) in [4.78, 5) is 33.5. The van der Waals surface area contributed by atoms with Crippen LogP contribution in [-0.4, -0.2) is 28.5 Å². The predicted octanol–water partition coefficient (Wildman–Crippen LogP) is 4.55. The molecule has 0 spiro atoms. The summed E-state index contributed by atoms with van der Waals surface area (Å²) in [5, 5.41) is 2.95. The number of carbonyl (C=O) groups excluding carboxylic acids is 2. The van der Waals surface area contributed by atoms with Crippen molar-refractivity contribution in [3.63, 3.8) is 0 Å². The van der Waals surface area contributed by atoms with Crippen LogP contribution in [0.25, 0.3) is 21.1 Å². The Morgan fingerprint density at radius 3 is 2.75 bits per heavy atom. The van der Waals surface area contributed by atoms with Crippen molar-refractivity contribution in [2.24, 2.45) is 0 Å². The first-order chi connectivity index (χ1) is 15.4. The first-order valence-corrected chi connectivity index (χ1v) is 10.6. The van der Waals surface area contributed by atoms with Gasteiger partial charge in [-0.1, -0.05) is 29.5 Å². The summed E-state index contributed by atoms with van der Waals surface area (Å²) in [6, 6.07) is 8.03. The largest absolute Gasteiger partial charge is 0.452 e. The zero-order valence-corrected chi connectivity index (χ0v) is 17.2. The van der Waals surface area contributed by atoms with Gasteiger partial charge in [-0.05, 0) is 37.0 Å². The highest BCUT2D eigenvalue weighted by atomic mass is 32.1. The Morgan fingerprint density at radius 2 is 1.91 bits per heavy atom. The number of thiazole rings is 1. The number of amides is 1. The van der Waals surface area contributed by atoms with Crippen LogP contribution in [0, 0.1) is 17.5 Å². The normalized spacial score (nSPS) is 12.8. The number of carbonyl (C=O) groups is 2. The Balaban J connectivity index is 1.34. The number of hydrogen-bond acceptors (Lipinski definition) is 6. The highest BCUT2D eigenvalue weighted by Gasteiger charge is 2.25. The molecule has 1 amide bonds. The van der Waals surface area contributed by atoms with Crippen molar-refractivity contribution >= 4 is 49.5 Å². The number of aryl methyl sites for hydroxylation is 1. The number of anilines is 1. The molecule has 2 aromatic carbocycles. The van der Waals surface area contributed by atoms with Crippen LogP contribution in [0.5, 0.6) is 0 Å². The molecule has 2 aromatic heterocycles. The van der Waals surface area contributed by atoms with E-state index in [0.717, 1.165) is 41.5 Å². The van der Waals surface area contributed by atoms with Crippen LogP contribution < -0.4 is 5.32 Å². The third-order valence-corrected chi connectivity index (χ3v) is 6.14. The van der Waals surface area contributed by atoms with Crippen LogP contribution in [-0.2, 0) is 22.4 Å². The van der Waals surface area contributed by atoms with E-state index in [1.165, 1.54) is 0 Å². The molecule has 32 heavy (non-hydrogen) atoms. The van der Waals surface area contributed by atoms with E-state index in [0.29, 0.717) is 22.9 Å². The fourth-order valence-electron chi connectivity index (χ4n) is 3.83. The van der Waals surface area contributed by atoms with Crippen LogP contribution >= 0.6 is 11.3 Å². The standard InChI is InChI=1S/C22H14F3N3O3S/c23-12-8-15-20(19(25)18(12)24)28-22(32-15)27-16(29)9-31-21(30)17-10-4-1-2-6-13(10)26-14-7-3-5-11(14)17/h1-2,4,6,8H,3,5,7,9H2,(H,27,28,29). The van der Waals surface area contributed by atoms with Gasteiger partial charge in [0, 0.05) is 11.1 Å². The van der Waals surface area contributed by atoms with Crippen LogP contribution in [0.3, 0.4) is 0 Å². The molecule has 1 aliphatic carbocycles. The molecule has 1 aliphatic rings. The lowest BCUT2D eigenvalue weighted by atomic mass is 10.0. The summed E-state index contributed by atoms with van der Waals surface area (Å²) >= 11 is 0.773. The molecule has 162 valence electrons. The van der Waals surface area contributed by atoms with Gasteiger partial charge in [0.2, 0.25) is 0 Å². The Labute approximate surface area is 183 Å². The first kappa shape index (κ1) is 20.4. The van der Waals surface area contributed by atoms with Gasteiger partial charge < -0.3 is 4.74 Å². The third kappa shape index (κ3) is 3.46. The quantitative estimate of drug-likeness (QED) is 0.359. The van der Waals surface area contributed by atoms with Gasteiger partial charge in [0.1, 0.15) is 5.52 Å². The van der Waals surface area contributed by atoms with Gasteiger partial charge in [-0.15, -0.1) is 0 Å². The van der Waals surface area contributed by atoms with E-state index in [1.807, 2.05) is 12.1 Å². The minimum atomic E-state index is -1.63. The molecule has 0 saturated carbocycles. The van der Waals surface area contributed by atoms with E-state index >= 15 is 0 Å². The maximum absolute atomic E-state index is 13.8. The Bertz CT molecular complexity index is 1420. The molecule has 0 atom stereocenters. The van der Waals surface area contributed by atoms with Crippen molar-refractivity contribution in [3.05, 3.63) is 64.6 Å². The Hall–Kier alpha value is -3.53. The zero-order chi connectivity index (χ0) is 22.4. The van der Waals surface area contributed by atoms with Crippen molar-refractivity contribution < 1.29 is 27.5 Å². The van der Waals surface area contributed by atoms with E-state index in [1.54, 1.807) is 12.1 Å². The summed E-state index contributed by atoms with van der Waals surface area (Å²) in [6.07, 6.45) is 2.36. The SMILES string of the molecule is O=C(COC(=O)c1c2c(nc3ccccc13)CCC2)Nc1nc2c(F)c(F)c(F)cc2s1. The Morgan fingerprint density at radius 1 is 1.09 bits per heavy atom. The average molecular weight is 457 g/mol. The van der Waals surface area contributed by atoms with Crippen LogP contribution in [0.2, 0.25) is 0 Å². The molecule has 0 aliphatic heterocycles. The van der Waals surface area contributed by atoms with Gasteiger partial charge in [-0.3, -0.25) is 15.1 Å². The van der Waals surface area contributed by atoms with E-state index < -0.39 is 35.9 Å². The number of nitrogens with zero attached hydrogens (tertiary/aromatic N) is 2. The van der Waals surface area contributed by atoms with Crippen molar-refractivity contribution in [1.82, 2.24) is 9.97 Å². The predicted molar refractivity (Wildman–Crippen MR) is 112 cm³/mol. The molecule has 0 bridgehead atoms. The lowest BCUT2D eigenvalue weighted by Gasteiger charge is -2.12. The van der Waals surface area contributed by atoms with Gasteiger partial charge in [0.05, 0.1) is 15.8 Å². The number of pyridine rings is 1. The second kappa shape index (κ2) is 7.86. The molecule has 0 saturated heterocycles. The summed E-state index contributed by atoms with van der Waals surface area (Å²) in [5.74, 6) is -5.76.